The number of hydrogen-bond acceptors (Lipinski definition) is 6. The number of amides is 2. The SMILES string of the molecule is O=C[C@H]1CCN(c2cc3onc(C4CCC(=O)NC4=O)c3cc2F)C1. The van der Waals surface area contributed by atoms with E-state index in [0.717, 1.165) is 6.29 Å². The highest BCUT2D eigenvalue weighted by atomic mass is 19.1. The number of carbonyl (C=O) groups excluding carboxylic acids is 3. The predicted octanol–water partition coefficient (Wildman–Crippen LogP) is 1.51. The molecule has 8 heteroatoms. The Balaban J connectivity index is 1.69. The minimum atomic E-state index is -0.629. The second-order valence-electron chi connectivity index (χ2n) is 6.50. The Morgan fingerprint density at radius 3 is 2.88 bits per heavy atom. The zero-order chi connectivity index (χ0) is 17.6. The molecular formula is C17H16FN3O4. The summed E-state index contributed by atoms with van der Waals surface area (Å²) in [4.78, 5) is 36.0. The topological polar surface area (TPSA) is 92.5 Å². The number of fused-ring (bicyclic) bond motifs is 1. The van der Waals surface area contributed by atoms with E-state index in [1.807, 2.05) is 4.90 Å². The predicted molar refractivity (Wildman–Crippen MR) is 85.5 cm³/mol. The van der Waals surface area contributed by atoms with Crippen LogP contribution in [-0.2, 0) is 14.4 Å². The van der Waals surface area contributed by atoms with Gasteiger partial charge in [-0.1, -0.05) is 5.16 Å². The second-order valence-corrected chi connectivity index (χ2v) is 6.50. The van der Waals surface area contributed by atoms with E-state index in [-0.39, 0.29) is 18.2 Å². The Bertz CT molecular complexity index is 878. The van der Waals surface area contributed by atoms with Crippen LogP contribution < -0.4 is 10.2 Å². The van der Waals surface area contributed by atoms with Crippen molar-refractivity contribution in [3.05, 3.63) is 23.6 Å². The molecule has 0 bridgehead atoms. The van der Waals surface area contributed by atoms with E-state index in [9.17, 15) is 18.8 Å². The summed E-state index contributed by atoms with van der Waals surface area (Å²) in [7, 11) is 0. The van der Waals surface area contributed by atoms with Gasteiger partial charge in [0.15, 0.2) is 5.58 Å². The number of carbonyl (C=O) groups is 3. The number of aldehydes is 1. The van der Waals surface area contributed by atoms with Crippen LogP contribution in [0.15, 0.2) is 16.7 Å². The number of nitrogens with one attached hydrogen (secondary N) is 1. The third kappa shape index (κ3) is 2.67. The van der Waals surface area contributed by atoms with Crippen molar-refractivity contribution < 1.29 is 23.3 Å². The summed E-state index contributed by atoms with van der Waals surface area (Å²) in [5, 5.41) is 6.65. The molecular weight excluding hydrogens is 329 g/mol. The third-order valence-electron chi connectivity index (χ3n) is 4.89. The fourth-order valence-corrected chi connectivity index (χ4v) is 3.53. The minimum absolute atomic E-state index is 0.0937. The van der Waals surface area contributed by atoms with E-state index < -0.39 is 17.6 Å². The van der Waals surface area contributed by atoms with Crippen molar-refractivity contribution in [2.75, 3.05) is 18.0 Å². The summed E-state index contributed by atoms with van der Waals surface area (Å²) in [6.45, 7) is 1.07. The lowest BCUT2D eigenvalue weighted by molar-refractivity contribution is -0.134. The molecule has 0 radical (unpaired) electrons. The average molecular weight is 345 g/mol. The van der Waals surface area contributed by atoms with Crippen LogP contribution >= 0.6 is 0 Å². The number of benzene rings is 1. The zero-order valence-electron chi connectivity index (χ0n) is 13.3. The number of aromatic nitrogens is 1. The first-order chi connectivity index (χ1) is 12.1. The van der Waals surface area contributed by atoms with E-state index in [1.54, 1.807) is 6.07 Å². The van der Waals surface area contributed by atoms with Gasteiger partial charge in [0.1, 0.15) is 17.8 Å². The second kappa shape index (κ2) is 5.94. The molecule has 0 aliphatic carbocycles. The molecule has 2 aromatic rings. The number of rotatable bonds is 3. The molecule has 0 spiro atoms. The highest BCUT2D eigenvalue weighted by molar-refractivity contribution is 6.02. The minimum Gasteiger partial charge on any atom is -0.368 e. The van der Waals surface area contributed by atoms with Crippen molar-refractivity contribution >= 4 is 34.8 Å². The summed E-state index contributed by atoms with van der Waals surface area (Å²) in [6, 6.07) is 2.87. The molecule has 0 saturated carbocycles. The van der Waals surface area contributed by atoms with E-state index in [0.29, 0.717) is 48.3 Å². The maximum Gasteiger partial charge on any atom is 0.235 e. The molecule has 130 valence electrons. The van der Waals surface area contributed by atoms with Crippen LogP contribution in [0.3, 0.4) is 0 Å². The van der Waals surface area contributed by atoms with Crippen LogP contribution in [0.1, 0.15) is 30.9 Å². The van der Waals surface area contributed by atoms with E-state index >= 15 is 0 Å². The Hall–Kier alpha value is -2.77. The fourth-order valence-electron chi connectivity index (χ4n) is 3.53. The Labute approximate surface area is 142 Å². The van der Waals surface area contributed by atoms with Crippen molar-refractivity contribution in [3.8, 4) is 0 Å². The number of anilines is 1. The molecule has 4 rings (SSSR count). The molecule has 2 amide bonds. The summed E-state index contributed by atoms with van der Waals surface area (Å²) < 4.78 is 19.9. The number of hydrogen-bond donors (Lipinski definition) is 1. The Kier molecular flexibility index (Phi) is 3.74. The van der Waals surface area contributed by atoms with Crippen LogP contribution in [0.25, 0.3) is 11.0 Å². The lowest BCUT2D eigenvalue weighted by Gasteiger charge is -2.20. The van der Waals surface area contributed by atoms with E-state index in [4.69, 9.17) is 4.52 Å². The van der Waals surface area contributed by atoms with Crippen molar-refractivity contribution in [2.45, 2.75) is 25.2 Å². The molecule has 3 heterocycles. The molecule has 2 atom stereocenters. The molecule has 1 N–H and O–H groups in total. The first-order valence-electron chi connectivity index (χ1n) is 8.19. The highest BCUT2D eigenvalue weighted by Crippen LogP contribution is 2.35. The number of piperidine rings is 1. The number of imide groups is 1. The van der Waals surface area contributed by atoms with E-state index in [2.05, 4.69) is 10.5 Å². The summed E-state index contributed by atoms with van der Waals surface area (Å²) in [6.07, 6.45) is 2.12. The lowest BCUT2D eigenvalue weighted by atomic mass is 9.93. The maximum atomic E-state index is 14.6. The monoisotopic (exact) mass is 345 g/mol. The van der Waals surface area contributed by atoms with Gasteiger partial charge in [0.25, 0.3) is 0 Å². The van der Waals surface area contributed by atoms with Crippen molar-refractivity contribution in [2.24, 2.45) is 5.92 Å². The standard InChI is InChI=1S/C17H16FN3O4/c18-12-5-11-14(6-13(12)21-4-3-9(7-21)8-22)25-20-16(11)10-1-2-15(23)19-17(10)24/h5-6,8-10H,1-4,7H2,(H,19,23,24)/t9-,10?/m0/s1. The van der Waals surface area contributed by atoms with Gasteiger partial charge in [0.05, 0.1) is 11.6 Å². The van der Waals surface area contributed by atoms with Crippen molar-refractivity contribution in [3.63, 3.8) is 0 Å². The quantitative estimate of drug-likeness (QED) is 0.670. The number of nitrogens with zero attached hydrogens (tertiary/aromatic N) is 2. The van der Waals surface area contributed by atoms with Gasteiger partial charge in [-0.3, -0.25) is 14.9 Å². The first kappa shape index (κ1) is 15.7. The van der Waals surface area contributed by atoms with Gasteiger partial charge in [0.2, 0.25) is 11.8 Å². The fraction of sp³-hybridized carbons (Fsp3) is 0.412. The molecule has 25 heavy (non-hydrogen) atoms. The number of halogens is 1. The molecule has 2 saturated heterocycles. The van der Waals surface area contributed by atoms with Gasteiger partial charge in [-0.15, -0.1) is 0 Å². The third-order valence-corrected chi connectivity index (χ3v) is 4.89. The van der Waals surface area contributed by atoms with Gasteiger partial charge >= 0.3 is 0 Å². The van der Waals surface area contributed by atoms with Crippen LogP contribution in [-0.4, -0.2) is 36.3 Å². The maximum absolute atomic E-state index is 14.6. The highest BCUT2D eigenvalue weighted by Gasteiger charge is 2.33. The molecule has 2 aliphatic rings. The van der Waals surface area contributed by atoms with Crippen LogP contribution in [0.5, 0.6) is 0 Å². The normalized spacial score (nSPS) is 24.0. The molecule has 2 aliphatic heterocycles. The summed E-state index contributed by atoms with van der Waals surface area (Å²) >= 11 is 0. The van der Waals surface area contributed by atoms with Gasteiger partial charge in [-0.2, -0.15) is 0 Å². The summed E-state index contributed by atoms with van der Waals surface area (Å²) in [5.74, 6) is -1.93. The first-order valence-corrected chi connectivity index (χ1v) is 8.19. The van der Waals surface area contributed by atoms with Crippen molar-refractivity contribution in [1.29, 1.82) is 0 Å². The Morgan fingerprint density at radius 1 is 1.32 bits per heavy atom. The van der Waals surface area contributed by atoms with Crippen molar-refractivity contribution in [1.82, 2.24) is 10.5 Å². The van der Waals surface area contributed by atoms with Crippen LogP contribution in [0, 0.1) is 11.7 Å². The molecule has 1 aromatic heterocycles. The molecule has 2 fully saturated rings. The average Bonchev–Trinajstić information content (AvgIpc) is 3.21. The van der Waals surface area contributed by atoms with Gasteiger partial charge in [-0.25, -0.2) is 4.39 Å². The molecule has 7 nitrogen and oxygen atoms in total. The largest absolute Gasteiger partial charge is 0.368 e. The zero-order valence-corrected chi connectivity index (χ0v) is 13.3. The van der Waals surface area contributed by atoms with Crippen LogP contribution in [0.4, 0.5) is 10.1 Å². The van der Waals surface area contributed by atoms with Gasteiger partial charge < -0.3 is 14.2 Å². The summed E-state index contributed by atoms with van der Waals surface area (Å²) in [5.41, 5.74) is 1.09. The molecule has 1 unspecified atom stereocenters. The van der Waals surface area contributed by atoms with Gasteiger partial charge in [-0.05, 0) is 18.9 Å². The van der Waals surface area contributed by atoms with Crippen LogP contribution in [0.2, 0.25) is 0 Å². The van der Waals surface area contributed by atoms with E-state index in [1.165, 1.54) is 6.07 Å². The van der Waals surface area contributed by atoms with Gasteiger partial charge in [0, 0.05) is 36.9 Å². The Morgan fingerprint density at radius 2 is 2.16 bits per heavy atom. The molecule has 1 aromatic carbocycles. The smallest absolute Gasteiger partial charge is 0.235 e. The lowest BCUT2D eigenvalue weighted by Crippen LogP contribution is -2.39.